The number of aliphatic hydroxyl groups is 1. The number of aliphatic hydroxyl groups excluding tert-OH is 1. The first-order valence-electron chi connectivity index (χ1n) is 8.27. The van der Waals surface area contributed by atoms with Gasteiger partial charge >= 0.3 is 5.97 Å². The minimum atomic E-state index is -2.07. The van der Waals surface area contributed by atoms with Crippen molar-refractivity contribution in [3.05, 3.63) is 0 Å². The Labute approximate surface area is 139 Å². The van der Waals surface area contributed by atoms with E-state index in [9.17, 15) is 5.11 Å². The summed E-state index contributed by atoms with van der Waals surface area (Å²) >= 11 is 0. The van der Waals surface area contributed by atoms with Crippen molar-refractivity contribution in [2.24, 2.45) is 5.92 Å². The molecule has 0 amide bonds. The molecule has 0 aromatic rings. The van der Waals surface area contributed by atoms with Gasteiger partial charge in [0.15, 0.2) is 5.97 Å². The van der Waals surface area contributed by atoms with E-state index in [1.54, 1.807) is 0 Å². The maximum absolute atomic E-state index is 9.70. The molecule has 7 heteroatoms. The molecular weight excluding hydrogens is 302 g/mol. The Balaban J connectivity index is 0. The Morgan fingerprint density at radius 1 is 1.22 bits per heavy atom. The van der Waals surface area contributed by atoms with Crippen LogP contribution in [0.25, 0.3) is 0 Å². The highest BCUT2D eigenvalue weighted by atomic mass is 16.5. The van der Waals surface area contributed by atoms with Gasteiger partial charge < -0.3 is 30.2 Å². The zero-order chi connectivity index (χ0) is 18.3. The Bertz CT molecular complexity index is 297. The summed E-state index contributed by atoms with van der Waals surface area (Å²) in [7, 11) is 0. The quantitative estimate of drug-likeness (QED) is 0.432. The van der Waals surface area contributed by atoms with Crippen LogP contribution in [0, 0.1) is 5.92 Å². The zero-order valence-electron chi connectivity index (χ0n) is 14.8. The van der Waals surface area contributed by atoms with Crippen molar-refractivity contribution in [3.8, 4) is 0 Å². The molecule has 0 aliphatic heterocycles. The molecule has 0 radical (unpaired) electrons. The maximum Gasteiger partial charge on any atom is 0.351 e. The number of ether oxygens (including phenoxy) is 1. The van der Waals surface area contributed by atoms with Crippen molar-refractivity contribution in [1.82, 2.24) is 0 Å². The smallest absolute Gasteiger partial charge is 0.351 e. The highest BCUT2D eigenvalue weighted by Gasteiger charge is 2.10. The van der Waals surface area contributed by atoms with Gasteiger partial charge in [0.2, 0.25) is 0 Å². The molecule has 0 aliphatic rings. The molecule has 0 saturated carbocycles. The third-order valence-corrected chi connectivity index (χ3v) is 3.26. The average molecular weight is 335 g/mol. The molecule has 2 atom stereocenters. The largest absolute Gasteiger partial charge is 0.539 e. The fourth-order valence-electron chi connectivity index (χ4n) is 1.77. The average Bonchev–Trinajstić information content (AvgIpc) is 2.49. The predicted octanol–water partition coefficient (Wildman–Crippen LogP) is -0.627. The molecule has 0 saturated heterocycles. The van der Waals surface area contributed by atoms with E-state index < -0.39 is 11.9 Å². The molecule has 0 bridgehead atoms. The Kier molecular flexibility index (Phi) is 16.4. The van der Waals surface area contributed by atoms with Crippen LogP contribution < -0.4 is 10.4 Å². The molecule has 0 spiro atoms. The van der Waals surface area contributed by atoms with Gasteiger partial charge in [-0.15, -0.1) is 0 Å². The number of aliphatic carboxylic acids is 2. The van der Waals surface area contributed by atoms with Crippen LogP contribution in [0.4, 0.5) is 0 Å². The monoisotopic (exact) mass is 335 g/mol. The van der Waals surface area contributed by atoms with Crippen molar-refractivity contribution in [2.75, 3.05) is 19.8 Å². The summed E-state index contributed by atoms with van der Waals surface area (Å²) in [4.78, 5) is 18.0. The lowest BCUT2D eigenvalue weighted by molar-refractivity contribution is -0.688. The molecule has 7 nitrogen and oxygen atoms in total. The van der Waals surface area contributed by atoms with E-state index >= 15 is 0 Å². The second kappa shape index (κ2) is 15.7. The molecule has 4 N–H and O–H groups in total. The number of carboxylic acids is 2. The van der Waals surface area contributed by atoms with E-state index in [0.717, 1.165) is 13.2 Å². The van der Waals surface area contributed by atoms with E-state index in [4.69, 9.17) is 24.5 Å². The lowest BCUT2D eigenvalue weighted by atomic mass is 10.0. The number of unbranched alkanes of at least 4 members (excludes halogenated alkanes) is 1. The fraction of sp³-hybridized carbons (Fsp3) is 0.875. The molecular formula is C16H33NO6. The molecule has 0 fully saturated rings. The SMILES string of the molecule is CCCCC(CC)COCC(O)C[NH2+]C(C)C.O=C([O-])C(=O)O. The first-order valence-corrected chi connectivity index (χ1v) is 8.27. The fourth-order valence-corrected chi connectivity index (χ4v) is 1.77. The van der Waals surface area contributed by atoms with Gasteiger partial charge in [-0.05, 0) is 26.2 Å². The van der Waals surface area contributed by atoms with Crippen LogP contribution in [-0.2, 0) is 14.3 Å². The van der Waals surface area contributed by atoms with E-state index in [-0.39, 0.29) is 6.10 Å². The number of rotatable bonds is 11. The number of carbonyl (C=O) groups is 2. The van der Waals surface area contributed by atoms with Crippen LogP contribution in [0.3, 0.4) is 0 Å². The standard InChI is InChI=1S/C14H31NO2.C2H2O4/c1-5-7-8-13(6-2)10-17-11-14(16)9-15-12(3)4;3-1(4)2(5)6/h12-16H,5-11H2,1-4H3;(H,3,4)(H,5,6). The van der Waals surface area contributed by atoms with Crippen molar-refractivity contribution < 1.29 is 35.0 Å². The Hall–Kier alpha value is -1.18. The summed E-state index contributed by atoms with van der Waals surface area (Å²) in [6, 6.07) is 0.539. The molecule has 23 heavy (non-hydrogen) atoms. The van der Waals surface area contributed by atoms with E-state index in [1.807, 2.05) is 0 Å². The van der Waals surface area contributed by atoms with Crippen LogP contribution in [0.2, 0.25) is 0 Å². The first kappa shape index (κ1) is 24.1. The summed E-state index contributed by atoms with van der Waals surface area (Å²) < 4.78 is 5.61. The van der Waals surface area contributed by atoms with Gasteiger partial charge in [0.05, 0.1) is 12.6 Å². The maximum atomic E-state index is 9.70. The van der Waals surface area contributed by atoms with Gasteiger partial charge in [-0.2, -0.15) is 0 Å². The highest BCUT2D eigenvalue weighted by Crippen LogP contribution is 2.12. The van der Waals surface area contributed by atoms with Gasteiger partial charge in [-0.1, -0.05) is 33.1 Å². The van der Waals surface area contributed by atoms with Crippen LogP contribution in [0.15, 0.2) is 0 Å². The third-order valence-electron chi connectivity index (χ3n) is 3.26. The molecule has 0 aliphatic carbocycles. The summed E-state index contributed by atoms with van der Waals surface area (Å²) in [5.41, 5.74) is 0. The summed E-state index contributed by atoms with van der Waals surface area (Å²) in [5.74, 6) is -3.35. The molecule has 0 rings (SSSR count). The Morgan fingerprint density at radius 3 is 2.17 bits per heavy atom. The van der Waals surface area contributed by atoms with Crippen LogP contribution >= 0.6 is 0 Å². The third kappa shape index (κ3) is 18.8. The zero-order valence-corrected chi connectivity index (χ0v) is 14.8. The highest BCUT2D eigenvalue weighted by molar-refractivity contribution is 6.26. The number of nitrogens with two attached hydrogens (primary N) is 1. The number of quaternary nitrogens is 1. The number of hydrogen-bond acceptors (Lipinski definition) is 5. The molecule has 2 unspecified atom stereocenters. The van der Waals surface area contributed by atoms with Crippen LogP contribution in [0.5, 0.6) is 0 Å². The summed E-state index contributed by atoms with van der Waals surface area (Å²) in [6.45, 7) is 10.7. The number of hydrogen-bond donors (Lipinski definition) is 3. The Morgan fingerprint density at radius 2 is 1.78 bits per heavy atom. The van der Waals surface area contributed by atoms with Gasteiger partial charge in [-0.3, -0.25) is 0 Å². The van der Waals surface area contributed by atoms with Gasteiger partial charge in [0.1, 0.15) is 12.6 Å². The molecule has 0 heterocycles. The lowest BCUT2D eigenvalue weighted by Crippen LogP contribution is -2.90. The topological polar surface area (TPSA) is 124 Å². The minimum Gasteiger partial charge on any atom is -0.539 e. The molecule has 0 aromatic carbocycles. The number of carbonyl (C=O) groups excluding carboxylic acids is 1. The van der Waals surface area contributed by atoms with Gasteiger partial charge in [0.25, 0.3) is 0 Å². The number of carboxylic acid groups (broad SMARTS) is 2. The van der Waals surface area contributed by atoms with E-state index in [0.29, 0.717) is 18.6 Å². The summed E-state index contributed by atoms with van der Waals surface area (Å²) in [6.07, 6.45) is 4.63. The van der Waals surface area contributed by atoms with E-state index in [2.05, 4.69) is 33.0 Å². The minimum absolute atomic E-state index is 0.332. The van der Waals surface area contributed by atoms with E-state index in [1.165, 1.54) is 25.7 Å². The first-order chi connectivity index (χ1) is 10.7. The second-order valence-electron chi connectivity index (χ2n) is 5.92. The normalized spacial score (nSPS) is 13.1. The predicted molar refractivity (Wildman–Crippen MR) is 84.7 cm³/mol. The van der Waals surface area contributed by atoms with Crippen LogP contribution in [-0.4, -0.2) is 54.1 Å². The lowest BCUT2D eigenvalue weighted by Gasteiger charge is -2.16. The van der Waals surface area contributed by atoms with Crippen LogP contribution in [0.1, 0.15) is 53.4 Å². The second-order valence-corrected chi connectivity index (χ2v) is 5.92. The van der Waals surface area contributed by atoms with Gasteiger partial charge in [0, 0.05) is 6.61 Å². The molecule has 0 aromatic heterocycles. The van der Waals surface area contributed by atoms with Crippen molar-refractivity contribution in [1.29, 1.82) is 0 Å². The van der Waals surface area contributed by atoms with Crippen molar-refractivity contribution in [2.45, 2.75) is 65.5 Å². The molecule has 138 valence electrons. The summed E-state index contributed by atoms with van der Waals surface area (Å²) in [5, 5.41) is 28.2. The van der Waals surface area contributed by atoms with Crippen molar-refractivity contribution >= 4 is 11.9 Å². The van der Waals surface area contributed by atoms with Gasteiger partial charge in [-0.25, -0.2) is 4.79 Å². The van der Waals surface area contributed by atoms with Crippen molar-refractivity contribution in [3.63, 3.8) is 0 Å².